The zero-order valence-electron chi connectivity index (χ0n) is 8.71. The van der Waals surface area contributed by atoms with Crippen LogP contribution in [0, 0.1) is 11.3 Å². The van der Waals surface area contributed by atoms with E-state index in [1.165, 1.54) is 0 Å². The van der Waals surface area contributed by atoms with E-state index in [4.69, 9.17) is 16.9 Å². The van der Waals surface area contributed by atoms with Gasteiger partial charge < -0.3 is 0 Å². The van der Waals surface area contributed by atoms with Crippen molar-refractivity contribution in [3.63, 3.8) is 0 Å². The van der Waals surface area contributed by atoms with Gasteiger partial charge in [0, 0.05) is 5.02 Å². The van der Waals surface area contributed by atoms with Crippen LogP contribution in [0.1, 0.15) is 43.7 Å². The normalized spacial score (nSPS) is 12.6. The summed E-state index contributed by atoms with van der Waals surface area (Å²) in [6.07, 6.45) is 0. The summed E-state index contributed by atoms with van der Waals surface area (Å²) in [5, 5.41) is 9.53. The highest BCUT2D eigenvalue weighted by molar-refractivity contribution is 6.31. The maximum absolute atomic E-state index is 8.76. The standard InChI is InChI=1S/C12H14ClN/c1-8(2)11-5-4-10(6-12(11)13)9(3)7-14/h4-6,8-9H,1-3H3. The van der Waals surface area contributed by atoms with Gasteiger partial charge in [-0.05, 0) is 30.0 Å². The Bertz CT molecular complexity index is 363. The van der Waals surface area contributed by atoms with Crippen LogP contribution in [0.15, 0.2) is 18.2 Å². The average molecular weight is 208 g/mol. The van der Waals surface area contributed by atoms with Crippen molar-refractivity contribution in [3.05, 3.63) is 34.3 Å². The van der Waals surface area contributed by atoms with Gasteiger partial charge in [0.2, 0.25) is 0 Å². The zero-order chi connectivity index (χ0) is 10.7. The monoisotopic (exact) mass is 207 g/mol. The minimum atomic E-state index is -0.0892. The van der Waals surface area contributed by atoms with Gasteiger partial charge in [-0.15, -0.1) is 0 Å². The van der Waals surface area contributed by atoms with Crippen molar-refractivity contribution in [2.24, 2.45) is 0 Å². The van der Waals surface area contributed by atoms with E-state index in [2.05, 4.69) is 19.9 Å². The molecule has 0 aliphatic heterocycles. The fourth-order valence-corrected chi connectivity index (χ4v) is 1.76. The van der Waals surface area contributed by atoms with Crippen LogP contribution >= 0.6 is 11.6 Å². The van der Waals surface area contributed by atoms with Gasteiger partial charge in [0.05, 0.1) is 12.0 Å². The molecule has 0 heterocycles. The van der Waals surface area contributed by atoms with Crippen LogP contribution in [0.5, 0.6) is 0 Å². The largest absolute Gasteiger partial charge is 0.198 e. The first-order valence-corrected chi connectivity index (χ1v) is 5.13. The second-order valence-electron chi connectivity index (χ2n) is 3.79. The van der Waals surface area contributed by atoms with Crippen LogP contribution in [-0.4, -0.2) is 0 Å². The van der Waals surface area contributed by atoms with E-state index >= 15 is 0 Å². The first-order chi connectivity index (χ1) is 6.56. The number of hydrogen-bond acceptors (Lipinski definition) is 1. The maximum atomic E-state index is 8.76. The van der Waals surface area contributed by atoms with Crippen LogP contribution in [-0.2, 0) is 0 Å². The van der Waals surface area contributed by atoms with E-state index in [1.54, 1.807) is 0 Å². The Kier molecular flexibility index (Phi) is 3.55. The molecule has 0 aliphatic carbocycles. The summed E-state index contributed by atoms with van der Waals surface area (Å²) in [6.45, 7) is 6.09. The number of nitrogens with zero attached hydrogens (tertiary/aromatic N) is 1. The van der Waals surface area contributed by atoms with Crippen molar-refractivity contribution in [2.45, 2.75) is 32.6 Å². The van der Waals surface area contributed by atoms with E-state index in [9.17, 15) is 0 Å². The van der Waals surface area contributed by atoms with Crippen molar-refractivity contribution >= 4 is 11.6 Å². The SMILES string of the molecule is CC(C)c1ccc(C(C)C#N)cc1Cl. The molecular weight excluding hydrogens is 194 g/mol. The van der Waals surface area contributed by atoms with E-state index in [0.717, 1.165) is 16.1 Å². The van der Waals surface area contributed by atoms with Gasteiger partial charge in [0.1, 0.15) is 0 Å². The molecule has 1 aromatic carbocycles. The maximum Gasteiger partial charge on any atom is 0.0700 e. The molecule has 0 amide bonds. The first-order valence-electron chi connectivity index (χ1n) is 4.75. The van der Waals surface area contributed by atoms with Crippen LogP contribution in [0.4, 0.5) is 0 Å². The lowest BCUT2D eigenvalue weighted by molar-refractivity contribution is 0.863. The van der Waals surface area contributed by atoms with Gasteiger partial charge in [0.25, 0.3) is 0 Å². The number of hydrogen-bond donors (Lipinski definition) is 0. The summed E-state index contributed by atoms with van der Waals surface area (Å²) in [6, 6.07) is 8.08. The molecule has 0 saturated heterocycles. The highest BCUT2D eigenvalue weighted by atomic mass is 35.5. The molecule has 0 spiro atoms. The molecule has 14 heavy (non-hydrogen) atoms. The van der Waals surface area contributed by atoms with Gasteiger partial charge in [0.15, 0.2) is 0 Å². The van der Waals surface area contributed by atoms with E-state index in [-0.39, 0.29) is 5.92 Å². The zero-order valence-corrected chi connectivity index (χ0v) is 9.47. The summed E-state index contributed by atoms with van der Waals surface area (Å²) in [4.78, 5) is 0. The first kappa shape index (κ1) is 11.1. The summed E-state index contributed by atoms with van der Waals surface area (Å²) in [5.41, 5.74) is 2.13. The van der Waals surface area contributed by atoms with Crippen molar-refractivity contribution in [1.29, 1.82) is 5.26 Å². The predicted molar refractivity (Wildman–Crippen MR) is 59.6 cm³/mol. The van der Waals surface area contributed by atoms with Crippen LogP contribution in [0.25, 0.3) is 0 Å². The summed E-state index contributed by atoms with van der Waals surface area (Å²) >= 11 is 6.12. The number of nitriles is 1. The molecule has 0 aliphatic rings. The molecule has 1 unspecified atom stereocenters. The summed E-state index contributed by atoms with van der Waals surface area (Å²) in [7, 11) is 0. The topological polar surface area (TPSA) is 23.8 Å². The third-order valence-electron chi connectivity index (χ3n) is 2.34. The van der Waals surface area contributed by atoms with E-state index < -0.39 is 0 Å². The number of halogens is 1. The van der Waals surface area contributed by atoms with Crippen molar-refractivity contribution in [3.8, 4) is 6.07 Å². The number of benzene rings is 1. The Labute approximate surface area is 90.3 Å². The lowest BCUT2D eigenvalue weighted by Gasteiger charge is -2.10. The predicted octanol–water partition coefficient (Wildman–Crippen LogP) is 4.09. The highest BCUT2D eigenvalue weighted by Crippen LogP contribution is 2.27. The average Bonchev–Trinajstić information content (AvgIpc) is 2.15. The van der Waals surface area contributed by atoms with Gasteiger partial charge in [-0.3, -0.25) is 0 Å². The Morgan fingerprint density at radius 3 is 2.36 bits per heavy atom. The quantitative estimate of drug-likeness (QED) is 0.717. The van der Waals surface area contributed by atoms with Crippen LogP contribution in [0.3, 0.4) is 0 Å². The lowest BCUT2D eigenvalue weighted by atomic mass is 9.97. The molecule has 2 heteroatoms. The smallest absolute Gasteiger partial charge is 0.0700 e. The Morgan fingerprint density at radius 2 is 1.93 bits per heavy atom. The second-order valence-corrected chi connectivity index (χ2v) is 4.19. The molecule has 0 saturated carbocycles. The van der Waals surface area contributed by atoms with E-state index in [1.807, 2.05) is 25.1 Å². The minimum Gasteiger partial charge on any atom is -0.198 e. The van der Waals surface area contributed by atoms with Crippen molar-refractivity contribution in [1.82, 2.24) is 0 Å². The van der Waals surface area contributed by atoms with Crippen molar-refractivity contribution in [2.75, 3.05) is 0 Å². The highest BCUT2D eigenvalue weighted by Gasteiger charge is 2.09. The molecule has 0 aromatic heterocycles. The molecule has 0 N–H and O–H groups in total. The van der Waals surface area contributed by atoms with Gasteiger partial charge >= 0.3 is 0 Å². The lowest BCUT2D eigenvalue weighted by Crippen LogP contribution is -1.93. The van der Waals surface area contributed by atoms with Gasteiger partial charge in [-0.1, -0.05) is 37.6 Å². The molecule has 74 valence electrons. The summed E-state index contributed by atoms with van der Waals surface area (Å²) < 4.78 is 0. The Hall–Kier alpha value is -1.00. The van der Waals surface area contributed by atoms with Gasteiger partial charge in [-0.25, -0.2) is 0 Å². The third kappa shape index (κ3) is 2.27. The van der Waals surface area contributed by atoms with Crippen LogP contribution < -0.4 is 0 Å². The molecule has 1 nitrogen and oxygen atoms in total. The molecule has 0 bridgehead atoms. The second kappa shape index (κ2) is 4.48. The molecule has 1 aromatic rings. The number of rotatable bonds is 2. The molecule has 1 atom stereocenters. The van der Waals surface area contributed by atoms with Gasteiger partial charge in [-0.2, -0.15) is 5.26 Å². The Balaban J connectivity index is 3.08. The Morgan fingerprint density at radius 1 is 1.29 bits per heavy atom. The molecule has 0 fully saturated rings. The molecular formula is C12H14ClN. The minimum absolute atomic E-state index is 0.0892. The van der Waals surface area contributed by atoms with E-state index in [0.29, 0.717) is 5.92 Å². The fourth-order valence-electron chi connectivity index (χ4n) is 1.36. The summed E-state index contributed by atoms with van der Waals surface area (Å²) in [5.74, 6) is 0.336. The molecule has 0 radical (unpaired) electrons. The third-order valence-corrected chi connectivity index (χ3v) is 2.67. The fraction of sp³-hybridized carbons (Fsp3) is 0.417. The molecule has 1 rings (SSSR count). The van der Waals surface area contributed by atoms with Crippen LogP contribution in [0.2, 0.25) is 5.02 Å². The van der Waals surface area contributed by atoms with Crippen molar-refractivity contribution < 1.29 is 0 Å².